The minimum atomic E-state index is -0.265. The molecule has 84 valence electrons. The largest absolute Gasteiger partial charge is 0.389 e. The summed E-state index contributed by atoms with van der Waals surface area (Å²) in [6.45, 7) is 10.4. The first kappa shape index (κ1) is 14.1. The van der Waals surface area contributed by atoms with Crippen LogP contribution in [0.1, 0.15) is 41.0 Å². The Morgan fingerprint density at radius 2 is 1.79 bits per heavy atom. The smallest absolute Gasteiger partial charge is 0.0752 e. The van der Waals surface area contributed by atoms with Gasteiger partial charge in [-0.05, 0) is 18.3 Å². The minimum Gasteiger partial charge on any atom is -0.389 e. The monoisotopic (exact) mass is 216 g/mol. The third-order valence-electron chi connectivity index (χ3n) is 3.04. The molecule has 0 aromatic heterocycles. The van der Waals surface area contributed by atoms with Crippen LogP contribution in [0.25, 0.3) is 0 Å². The number of rotatable bonds is 1. The fourth-order valence-corrected chi connectivity index (χ4v) is 2.27. The van der Waals surface area contributed by atoms with Gasteiger partial charge in [0.1, 0.15) is 0 Å². The maximum absolute atomic E-state index is 9.66. The van der Waals surface area contributed by atoms with Crippen LogP contribution in [0.15, 0.2) is 11.6 Å². The van der Waals surface area contributed by atoms with E-state index in [9.17, 15) is 5.11 Å². The number of hydrogen-bond donors (Lipinski definition) is 2. The highest BCUT2D eigenvalue weighted by Gasteiger charge is 2.30. The lowest BCUT2D eigenvalue weighted by molar-refractivity contribution is 0.119. The summed E-state index contributed by atoms with van der Waals surface area (Å²) in [5.41, 5.74) is 1.29. The molecule has 1 rings (SSSR count). The van der Waals surface area contributed by atoms with Crippen LogP contribution in [0.4, 0.5) is 0 Å². The van der Waals surface area contributed by atoms with Gasteiger partial charge in [0, 0.05) is 5.25 Å². The molecule has 0 heterocycles. The molecule has 0 bridgehead atoms. The highest BCUT2D eigenvalue weighted by Crippen LogP contribution is 2.34. The average molecular weight is 216 g/mol. The first-order chi connectivity index (χ1) is 6.57. The van der Waals surface area contributed by atoms with Crippen molar-refractivity contribution in [3.63, 3.8) is 0 Å². The summed E-state index contributed by atoms with van der Waals surface area (Å²) in [6.07, 6.45) is 2.71. The van der Waals surface area contributed by atoms with Crippen LogP contribution in [-0.4, -0.2) is 16.5 Å². The maximum Gasteiger partial charge on any atom is 0.0752 e. The van der Waals surface area contributed by atoms with E-state index in [1.165, 1.54) is 5.57 Å². The molecule has 0 spiro atoms. The van der Waals surface area contributed by atoms with Crippen LogP contribution in [0, 0.1) is 11.8 Å². The summed E-state index contributed by atoms with van der Waals surface area (Å²) in [5, 5.41) is 10.00. The molecule has 0 fully saturated rings. The van der Waals surface area contributed by atoms with E-state index in [4.69, 9.17) is 0 Å². The zero-order valence-electron chi connectivity index (χ0n) is 9.99. The Balaban J connectivity index is 0.000000791. The van der Waals surface area contributed by atoms with Gasteiger partial charge in [0.25, 0.3) is 0 Å². The number of hydrogen-bond acceptors (Lipinski definition) is 2. The molecule has 0 amide bonds. The van der Waals surface area contributed by atoms with E-state index in [0.29, 0.717) is 17.1 Å². The molecule has 1 aliphatic carbocycles. The van der Waals surface area contributed by atoms with E-state index in [-0.39, 0.29) is 6.10 Å². The van der Waals surface area contributed by atoms with E-state index < -0.39 is 0 Å². The minimum absolute atomic E-state index is 0.265. The Morgan fingerprint density at radius 3 is 2.21 bits per heavy atom. The Bertz CT molecular complexity index is 189. The number of aliphatic hydroxyl groups is 1. The molecule has 0 saturated heterocycles. The van der Waals surface area contributed by atoms with Gasteiger partial charge in [-0.25, -0.2) is 0 Å². The summed E-state index contributed by atoms with van der Waals surface area (Å²) in [5.74, 6) is 0.811. The molecular formula is C12H24OS. The van der Waals surface area contributed by atoms with Crippen molar-refractivity contribution in [2.75, 3.05) is 0 Å². The molecule has 1 nitrogen and oxygen atoms in total. The molecule has 4 atom stereocenters. The van der Waals surface area contributed by atoms with Crippen molar-refractivity contribution in [1.82, 2.24) is 0 Å². The van der Waals surface area contributed by atoms with Gasteiger partial charge in [-0.2, -0.15) is 12.6 Å². The second-order valence-corrected chi connectivity index (χ2v) is 4.31. The lowest BCUT2D eigenvalue weighted by atomic mass is 9.79. The lowest BCUT2D eigenvalue weighted by Crippen LogP contribution is -2.34. The SMILES string of the molecule is CC.CCC1=CC(O)C(C)C(C)C1S. The highest BCUT2D eigenvalue weighted by atomic mass is 32.1. The van der Waals surface area contributed by atoms with Crippen LogP contribution in [0.3, 0.4) is 0 Å². The van der Waals surface area contributed by atoms with E-state index in [1.807, 2.05) is 19.9 Å². The van der Waals surface area contributed by atoms with E-state index in [2.05, 4.69) is 33.4 Å². The Morgan fingerprint density at radius 1 is 1.29 bits per heavy atom. The van der Waals surface area contributed by atoms with Gasteiger partial charge in [0.15, 0.2) is 0 Å². The van der Waals surface area contributed by atoms with Crippen LogP contribution < -0.4 is 0 Å². The molecule has 14 heavy (non-hydrogen) atoms. The molecule has 1 N–H and O–H groups in total. The second-order valence-electron chi connectivity index (χ2n) is 3.75. The predicted molar refractivity (Wildman–Crippen MR) is 66.8 cm³/mol. The molecule has 2 heteroatoms. The van der Waals surface area contributed by atoms with Gasteiger partial charge in [0.05, 0.1) is 6.10 Å². The van der Waals surface area contributed by atoms with Gasteiger partial charge in [-0.1, -0.05) is 46.3 Å². The van der Waals surface area contributed by atoms with Crippen molar-refractivity contribution in [2.45, 2.75) is 52.4 Å². The third-order valence-corrected chi connectivity index (χ3v) is 3.84. The van der Waals surface area contributed by atoms with Crippen molar-refractivity contribution >= 4 is 12.6 Å². The molecule has 1 aliphatic rings. The van der Waals surface area contributed by atoms with Crippen molar-refractivity contribution in [3.8, 4) is 0 Å². The first-order valence-electron chi connectivity index (χ1n) is 5.64. The van der Waals surface area contributed by atoms with Gasteiger partial charge in [-0.15, -0.1) is 0 Å². The number of aliphatic hydroxyl groups excluding tert-OH is 1. The van der Waals surface area contributed by atoms with Crippen LogP contribution in [-0.2, 0) is 0 Å². The lowest BCUT2D eigenvalue weighted by Gasteiger charge is -2.34. The van der Waals surface area contributed by atoms with Crippen molar-refractivity contribution in [2.24, 2.45) is 11.8 Å². The van der Waals surface area contributed by atoms with Gasteiger partial charge < -0.3 is 5.11 Å². The van der Waals surface area contributed by atoms with Crippen molar-refractivity contribution < 1.29 is 5.11 Å². The quantitative estimate of drug-likeness (QED) is 0.509. The van der Waals surface area contributed by atoms with Gasteiger partial charge in [0.2, 0.25) is 0 Å². The normalized spacial score (nSPS) is 36.9. The fourth-order valence-electron chi connectivity index (χ4n) is 1.73. The second kappa shape index (κ2) is 6.52. The maximum atomic E-state index is 9.66. The third kappa shape index (κ3) is 3.03. The Hall–Kier alpha value is 0.0500. The molecule has 0 saturated carbocycles. The van der Waals surface area contributed by atoms with Crippen LogP contribution in [0.2, 0.25) is 0 Å². The molecule has 0 radical (unpaired) electrons. The van der Waals surface area contributed by atoms with Gasteiger partial charge in [-0.3, -0.25) is 0 Å². The molecule has 0 aliphatic heterocycles. The van der Waals surface area contributed by atoms with E-state index in [1.54, 1.807) is 0 Å². The summed E-state index contributed by atoms with van der Waals surface area (Å²) in [7, 11) is 0. The Labute approximate surface area is 94.0 Å². The van der Waals surface area contributed by atoms with E-state index >= 15 is 0 Å². The molecular weight excluding hydrogens is 192 g/mol. The standard InChI is InChI=1S/C10H18OS.C2H6/c1-4-8-5-9(11)6(2)7(3)10(8)12;1-2/h5-7,9-12H,4H2,1-3H3;1-2H3. The highest BCUT2D eigenvalue weighted by molar-refractivity contribution is 7.81. The van der Waals surface area contributed by atoms with Gasteiger partial charge >= 0.3 is 0 Å². The summed E-state index contributed by atoms with van der Waals surface area (Å²) >= 11 is 4.55. The van der Waals surface area contributed by atoms with E-state index in [0.717, 1.165) is 6.42 Å². The molecule has 4 unspecified atom stereocenters. The topological polar surface area (TPSA) is 20.2 Å². The predicted octanol–water partition coefficient (Wildman–Crippen LogP) is 3.29. The zero-order chi connectivity index (χ0) is 11.3. The van der Waals surface area contributed by atoms with Crippen molar-refractivity contribution in [3.05, 3.63) is 11.6 Å². The van der Waals surface area contributed by atoms with Crippen LogP contribution >= 0.6 is 12.6 Å². The summed E-state index contributed by atoms with van der Waals surface area (Å²) in [6, 6.07) is 0. The Kier molecular flexibility index (Phi) is 6.54. The average Bonchev–Trinajstić information content (AvgIpc) is 2.23. The van der Waals surface area contributed by atoms with Crippen molar-refractivity contribution in [1.29, 1.82) is 0 Å². The first-order valence-corrected chi connectivity index (χ1v) is 6.16. The number of thiol groups is 1. The zero-order valence-corrected chi connectivity index (χ0v) is 10.9. The fraction of sp³-hybridized carbons (Fsp3) is 0.833. The molecule has 0 aromatic carbocycles. The molecule has 0 aromatic rings. The summed E-state index contributed by atoms with van der Waals surface area (Å²) in [4.78, 5) is 0. The summed E-state index contributed by atoms with van der Waals surface area (Å²) < 4.78 is 0. The van der Waals surface area contributed by atoms with Crippen LogP contribution in [0.5, 0.6) is 0 Å².